The lowest BCUT2D eigenvalue weighted by molar-refractivity contribution is 0.0196. The van der Waals surface area contributed by atoms with Crippen molar-refractivity contribution in [2.75, 3.05) is 20.2 Å². The summed E-state index contributed by atoms with van der Waals surface area (Å²) in [6.45, 7) is 3.83. The van der Waals surface area contributed by atoms with Crippen LogP contribution in [0, 0.1) is 5.41 Å². The van der Waals surface area contributed by atoms with Crippen LogP contribution < -0.4 is 11.1 Å². The molecule has 1 aromatic rings. The number of nitrogens with one attached hydrogen (secondary N) is 2. The number of ether oxygens (including phenoxy) is 2. The van der Waals surface area contributed by atoms with Crippen LogP contribution in [0.2, 0.25) is 0 Å². The monoisotopic (exact) mass is 365 g/mol. The fourth-order valence-corrected chi connectivity index (χ4v) is 3.49. The zero-order valence-electron chi connectivity index (χ0n) is 15.9. The molecular formula is C22H27N3O2. The molecule has 142 valence electrons. The van der Waals surface area contributed by atoms with Gasteiger partial charge < -0.3 is 20.5 Å². The minimum Gasteiger partial charge on any atom is -0.504 e. The number of hydrogen-bond donors (Lipinski definition) is 3. The Morgan fingerprint density at radius 3 is 2.56 bits per heavy atom. The third kappa shape index (κ3) is 4.14. The molecule has 1 spiro atoms. The van der Waals surface area contributed by atoms with Gasteiger partial charge in [0.1, 0.15) is 17.2 Å². The Morgan fingerprint density at radius 2 is 1.96 bits per heavy atom. The summed E-state index contributed by atoms with van der Waals surface area (Å²) in [5.41, 5.74) is 9.03. The summed E-state index contributed by atoms with van der Waals surface area (Å²) in [5.74, 6) is 0.878. The van der Waals surface area contributed by atoms with Crippen LogP contribution in [0.15, 0.2) is 66.2 Å². The van der Waals surface area contributed by atoms with E-state index >= 15 is 0 Å². The first kappa shape index (κ1) is 19.0. The standard InChI is InChI=1S/C22H27N3O2/c1-3-4-5-20-19(15-26-2)18(14-22(27-20)10-12-25-13-11-22)16-6-8-17(9-7-16)21(23)24/h3-9,14-15,25H,10-13H2,1-2H3,(H3,23,24)/b4-3-,19-15+,20-5+. The van der Waals surface area contributed by atoms with Crippen molar-refractivity contribution in [3.8, 4) is 0 Å². The molecule has 0 radical (unpaired) electrons. The van der Waals surface area contributed by atoms with Gasteiger partial charge in [0.2, 0.25) is 0 Å². The average molecular weight is 365 g/mol. The van der Waals surface area contributed by atoms with Crippen LogP contribution in [0.4, 0.5) is 0 Å². The van der Waals surface area contributed by atoms with Gasteiger partial charge in [-0.3, -0.25) is 5.41 Å². The lowest BCUT2D eigenvalue weighted by Gasteiger charge is -2.41. The molecule has 4 N–H and O–H groups in total. The Morgan fingerprint density at radius 1 is 1.26 bits per heavy atom. The molecule has 0 atom stereocenters. The van der Waals surface area contributed by atoms with Crippen LogP contribution in [0.1, 0.15) is 30.9 Å². The maximum absolute atomic E-state index is 7.61. The van der Waals surface area contributed by atoms with Gasteiger partial charge in [0.05, 0.1) is 18.9 Å². The molecule has 0 amide bonds. The van der Waals surface area contributed by atoms with E-state index in [1.807, 2.05) is 49.4 Å². The third-order valence-corrected chi connectivity index (χ3v) is 4.91. The van der Waals surface area contributed by atoms with E-state index in [1.165, 1.54) is 0 Å². The Kier molecular flexibility index (Phi) is 5.81. The summed E-state index contributed by atoms with van der Waals surface area (Å²) in [7, 11) is 1.64. The third-order valence-electron chi connectivity index (χ3n) is 4.91. The highest BCUT2D eigenvalue weighted by atomic mass is 16.5. The van der Waals surface area contributed by atoms with E-state index in [4.69, 9.17) is 20.6 Å². The van der Waals surface area contributed by atoms with E-state index in [2.05, 4.69) is 11.4 Å². The minimum absolute atomic E-state index is 0.0682. The van der Waals surface area contributed by atoms with Crippen molar-refractivity contribution in [1.29, 1.82) is 5.41 Å². The fraction of sp³-hybridized carbons (Fsp3) is 0.318. The van der Waals surface area contributed by atoms with Gasteiger partial charge in [0.15, 0.2) is 0 Å². The van der Waals surface area contributed by atoms with E-state index in [-0.39, 0.29) is 11.4 Å². The molecule has 3 rings (SSSR count). The van der Waals surface area contributed by atoms with E-state index in [9.17, 15) is 0 Å². The van der Waals surface area contributed by atoms with Crippen LogP contribution in [0.25, 0.3) is 5.57 Å². The second kappa shape index (κ2) is 8.27. The average Bonchev–Trinajstić information content (AvgIpc) is 2.69. The molecule has 0 unspecified atom stereocenters. The van der Waals surface area contributed by atoms with Gasteiger partial charge in [-0.05, 0) is 43.3 Å². The zero-order valence-corrected chi connectivity index (χ0v) is 15.9. The SMILES string of the molecule is C\C=C/C=C1/OC2(C=C(c3ccc(C(=N)N)cc3)/C1=C\OC)CCNCC2. The first-order chi connectivity index (χ1) is 13.1. The number of nitrogens with two attached hydrogens (primary N) is 1. The second-order valence-electron chi connectivity index (χ2n) is 6.79. The smallest absolute Gasteiger partial charge is 0.131 e. The van der Waals surface area contributed by atoms with Gasteiger partial charge in [0, 0.05) is 18.4 Å². The maximum atomic E-state index is 7.61. The Bertz CT molecular complexity index is 810. The topological polar surface area (TPSA) is 80.4 Å². The van der Waals surface area contributed by atoms with Gasteiger partial charge in [-0.25, -0.2) is 0 Å². The first-order valence-electron chi connectivity index (χ1n) is 9.23. The van der Waals surface area contributed by atoms with Crippen molar-refractivity contribution in [1.82, 2.24) is 5.32 Å². The molecule has 1 aromatic carbocycles. The maximum Gasteiger partial charge on any atom is 0.131 e. The van der Waals surface area contributed by atoms with Crippen LogP contribution in [0.3, 0.4) is 0 Å². The molecule has 0 aliphatic carbocycles. The highest BCUT2D eigenvalue weighted by molar-refractivity contribution is 5.95. The van der Waals surface area contributed by atoms with Crippen LogP contribution in [-0.4, -0.2) is 31.6 Å². The summed E-state index contributed by atoms with van der Waals surface area (Å²) in [6, 6.07) is 7.75. The predicted octanol–water partition coefficient (Wildman–Crippen LogP) is 3.50. The molecule has 27 heavy (non-hydrogen) atoms. The Labute approximate surface area is 160 Å². The summed E-state index contributed by atoms with van der Waals surface area (Å²) in [6.07, 6.45) is 11.7. The van der Waals surface area contributed by atoms with Crippen molar-refractivity contribution in [3.05, 3.63) is 77.3 Å². The van der Waals surface area contributed by atoms with Gasteiger partial charge in [-0.1, -0.05) is 36.4 Å². The van der Waals surface area contributed by atoms with E-state index in [1.54, 1.807) is 13.4 Å². The summed E-state index contributed by atoms with van der Waals surface area (Å²) >= 11 is 0. The van der Waals surface area contributed by atoms with Crippen molar-refractivity contribution >= 4 is 11.4 Å². The normalized spacial score (nSPS) is 22.1. The van der Waals surface area contributed by atoms with Crippen molar-refractivity contribution in [2.24, 2.45) is 5.73 Å². The molecule has 0 saturated carbocycles. The number of piperidine rings is 1. The number of allylic oxidation sites excluding steroid dienone is 4. The van der Waals surface area contributed by atoms with Crippen molar-refractivity contribution in [2.45, 2.75) is 25.4 Å². The Balaban J connectivity index is 2.12. The van der Waals surface area contributed by atoms with Gasteiger partial charge >= 0.3 is 0 Å². The van der Waals surface area contributed by atoms with Gasteiger partial charge in [-0.2, -0.15) is 0 Å². The molecule has 5 heteroatoms. The fourth-order valence-electron chi connectivity index (χ4n) is 3.49. The molecule has 2 aliphatic heterocycles. The summed E-state index contributed by atoms with van der Waals surface area (Å²) in [5, 5.41) is 11.0. The quantitative estimate of drug-likeness (QED) is 0.433. The lowest BCUT2D eigenvalue weighted by Crippen LogP contribution is -2.44. The molecular weight excluding hydrogens is 338 g/mol. The minimum atomic E-state index is -0.321. The highest BCUT2D eigenvalue weighted by Crippen LogP contribution is 2.42. The number of methoxy groups -OCH3 is 1. The number of rotatable bonds is 4. The van der Waals surface area contributed by atoms with Gasteiger partial charge in [0.25, 0.3) is 0 Å². The number of hydrogen-bond acceptors (Lipinski definition) is 4. The molecule has 0 aromatic heterocycles. The largest absolute Gasteiger partial charge is 0.504 e. The zero-order chi connectivity index (χ0) is 19.3. The molecule has 0 bridgehead atoms. The first-order valence-corrected chi connectivity index (χ1v) is 9.23. The van der Waals surface area contributed by atoms with E-state index < -0.39 is 0 Å². The summed E-state index contributed by atoms with van der Waals surface area (Å²) < 4.78 is 11.9. The number of benzene rings is 1. The van der Waals surface area contributed by atoms with Crippen molar-refractivity contribution in [3.63, 3.8) is 0 Å². The summed E-state index contributed by atoms with van der Waals surface area (Å²) in [4.78, 5) is 0. The van der Waals surface area contributed by atoms with E-state index in [0.29, 0.717) is 5.56 Å². The lowest BCUT2D eigenvalue weighted by atomic mass is 9.82. The number of nitrogen functional groups attached to an aromatic ring is 1. The molecule has 2 aliphatic rings. The van der Waals surface area contributed by atoms with Gasteiger partial charge in [-0.15, -0.1) is 0 Å². The van der Waals surface area contributed by atoms with E-state index in [0.717, 1.165) is 48.4 Å². The predicted molar refractivity (Wildman–Crippen MR) is 109 cm³/mol. The molecule has 1 saturated heterocycles. The van der Waals surface area contributed by atoms with Crippen LogP contribution in [-0.2, 0) is 9.47 Å². The molecule has 1 fully saturated rings. The Hall–Kier alpha value is -2.79. The molecule has 5 nitrogen and oxygen atoms in total. The second-order valence-corrected chi connectivity index (χ2v) is 6.79. The van der Waals surface area contributed by atoms with Crippen molar-refractivity contribution < 1.29 is 9.47 Å². The molecule has 2 heterocycles. The van der Waals surface area contributed by atoms with Crippen LogP contribution in [0.5, 0.6) is 0 Å². The van der Waals surface area contributed by atoms with Crippen LogP contribution >= 0.6 is 0 Å². The number of amidine groups is 1. The highest BCUT2D eigenvalue weighted by Gasteiger charge is 2.38.